The zero-order valence-corrected chi connectivity index (χ0v) is 63.6. The molecule has 0 aliphatic rings. The first-order valence-electron chi connectivity index (χ1n) is 39.6. The molecule has 0 aromatic heterocycles. The van der Waals surface area contributed by atoms with Gasteiger partial charge in [-0.25, -0.2) is 9.13 Å². The number of hydrogen-bond donors (Lipinski definition) is 3. The van der Waals surface area contributed by atoms with Gasteiger partial charge in [0.2, 0.25) is 0 Å². The lowest BCUT2D eigenvalue weighted by atomic mass is 10.0. The first kappa shape index (κ1) is 93.1. The van der Waals surface area contributed by atoms with Crippen LogP contribution in [0.3, 0.4) is 0 Å². The molecule has 0 aromatic carbocycles. The van der Waals surface area contributed by atoms with Gasteiger partial charge in [-0.1, -0.05) is 349 Å². The molecule has 17 nitrogen and oxygen atoms in total. The van der Waals surface area contributed by atoms with Crippen LogP contribution in [0.4, 0.5) is 0 Å². The second-order valence-corrected chi connectivity index (χ2v) is 30.8. The zero-order valence-electron chi connectivity index (χ0n) is 61.8. The number of hydrogen-bond acceptors (Lipinski definition) is 15. The molecule has 3 N–H and O–H groups in total. The van der Waals surface area contributed by atoms with Crippen molar-refractivity contribution >= 4 is 39.5 Å². The Bertz CT molecular complexity index is 1820. The largest absolute Gasteiger partial charge is 0.472 e. The Morgan fingerprint density at radius 1 is 0.284 bits per heavy atom. The van der Waals surface area contributed by atoms with Gasteiger partial charge in [-0.3, -0.25) is 37.3 Å². The molecule has 0 saturated heterocycles. The van der Waals surface area contributed by atoms with Gasteiger partial charge in [0.15, 0.2) is 12.2 Å². The quantitative estimate of drug-likeness (QED) is 0.0222. The molecule has 0 aromatic rings. The molecule has 19 heteroatoms. The molecule has 0 aliphatic heterocycles. The number of ether oxygens (including phenoxy) is 4. The maximum Gasteiger partial charge on any atom is 0.472 e. The van der Waals surface area contributed by atoms with Crippen molar-refractivity contribution in [3.05, 3.63) is 0 Å². The van der Waals surface area contributed by atoms with Crippen LogP contribution in [0.5, 0.6) is 0 Å². The monoisotopic (exact) mass is 1400 g/mol. The number of carbonyl (C=O) groups excluding carboxylic acids is 4. The van der Waals surface area contributed by atoms with E-state index in [-0.39, 0.29) is 25.7 Å². The number of esters is 4. The van der Waals surface area contributed by atoms with Gasteiger partial charge in [0, 0.05) is 25.7 Å². The average Bonchev–Trinajstić information content (AvgIpc) is 2.69. The van der Waals surface area contributed by atoms with E-state index in [1.54, 1.807) is 0 Å². The van der Waals surface area contributed by atoms with E-state index in [4.69, 9.17) is 37.0 Å². The standard InChI is InChI=1S/C76H148O17P2/c1-6-9-12-15-18-20-22-24-26-29-33-36-40-45-50-55-60-74(79)87-66-72(93-76(81)62-57-52-47-42-38-34-30-27-28-31-35-39-44-48-53-58-69(4)5)68-91-95(84,85)89-64-70(77)63-88-94(82,83)90-67-71(65-86-73(78)59-54-49-43-17-14-11-8-3)92-75(80)61-56-51-46-41-37-32-25-23-21-19-16-13-10-7-2/h69-72,77H,6-68H2,1-5H3,(H,82,83)(H,84,85)/t70-,71+,72+/m0/s1. The Hall–Kier alpha value is -1.94. The molecule has 0 radical (unpaired) electrons. The third-order valence-corrected chi connectivity index (χ3v) is 19.7. The summed E-state index contributed by atoms with van der Waals surface area (Å²) in [6, 6.07) is 0. The summed E-state index contributed by atoms with van der Waals surface area (Å²) in [5, 5.41) is 10.6. The molecule has 0 rings (SSSR count). The molecule has 5 atom stereocenters. The van der Waals surface area contributed by atoms with Crippen LogP contribution in [-0.4, -0.2) is 96.7 Å². The van der Waals surface area contributed by atoms with Crippen LogP contribution in [0.2, 0.25) is 0 Å². The van der Waals surface area contributed by atoms with Gasteiger partial charge in [-0.05, 0) is 31.6 Å². The fraction of sp³-hybridized carbons (Fsp3) is 0.947. The average molecular weight is 1400 g/mol. The van der Waals surface area contributed by atoms with E-state index >= 15 is 0 Å². The fourth-order valence-electron chi connectivity index (χ4n) is 11.7. The highest BCUT2D eigenvalue weighted by molar-refractivity contribution is 7.47. The van der Waals surface area contributed by atoms with E-state index in [2.05, 4.69) is 34.6 Å². The van der Waals surface area contributed by atoms with Gasteiger partial charge in [0.05, 0.1) is 26.4 Å². The number of rotatable bonds is 76. The fourth-order valence-corrected chi connectivity index (χ4v) is 13.3. The predicted molar refractivity (Wildman–Crippen MR) is 386 cm³/mol. The third kappa shape index (κ3) is 70.3. The highest BCUT2D eigenvalue weighted by atomic mass is 31.2. The first-order chi connectivity index (χ1) is 46.0. The summed E-state index contributed by atoms with van der Waals surface area (Å²) in [7, 11) is -9.90. The molecule has 0 aliphatic carbocycles. The molecular weight excluding hydrogens is 1250 g/mol. The molecule has 0 heterocycles. The number of carbonyl (C=O) groups is 4. The minimum absolute atomic E-state index is 0.108. The van der Waals surface area contributed by atoms with Crippen molar-refractivity contribution in [2.24, 2.45) is 5.92 Å². The maximum absolute atomic E-state index is 13.1. The van der Waals surface area contributed by atoms with Crippen LogP contribution in [0.15, 0.2) is 0 Å². The number of unbranched alkanes of at least 4 members (excludes halogenated alkanes) is 48. The first-order valence-corrected chi connectivity index (χ1v) is 42.6. The van der Waals surface area contributed by atoms with E-state index in [9.17, 15) is 43.2 Å². The van der Waals surface area contributed by atoms with Crippen molar-refractivity contribution in [3.8, 4) is 0 Å². The topological polar surface area (TPSA) is 237 Å². The minimum atomic E-state index is -4.96. The normalized spacial score (nSPS) is 13.9. The number of aliphatic hydroxyl groups is 1. The van der Waals surface area contributed by atoms with E-state index < -0.39 is 97.5 Å². The van der Waals surface area contributed by atoms with Gasteiger partial charge in [0.1, 0.15) is 19.3 Å². The molecule has 0 saturated carbocycles. The van der Waals surface area contributed by atoms with Crippen LogP contribution >= 0.6 is 15.6 Å². The molecule has 0 amide bonds. The highest BCUT2D eigenvalue weighted by Crippen LogP contribution is 2.45. The second-order valence-electron chi connectivity index (χ2n) is 27.9. The molecule has 2 unspecified atom stereocenters. The Morgan fingerprint density at radius 3 is 0.716 bits per heavy atom. The van der Waals surface area contributed by atoms with Crippen LogP contribution in [-0.2, 0) is 65.4 Å². The molecule has 95 heavy (non-hydrogen) atoms. The van der Waals surface area contributed by atoms with E-state index in [0.717, 1.165) is 109 Å². The van der Waals surface area contributed by atoms with Gasteiger partial charge < -0.3 is 33.8 Å². The summed E-state index contributed by atoms with van der Waals surface area (Å²) in [6.45, 7) is 7.29. The smallest absolute Gasteiger partial charge is 0.462 e. The zero-order chi connectivity index (χ0) is 69.8. The Morgan fingerprint density at radius 2 is 0.484 bits per heavy atom. The van der Waals surface area contributed by atoms with Gasteiger partial charge in [-0.15, -0.1) is 0 Å². The van der Waals surface area contributed by atoms with Crippen molar-refractivity contribution in [1.29, 1.82) is 0 Å². The third-order valence-electron chi connectivity index (χ3n) is 17.8. The summed E-state index contributed by atoms with van der Waals surface area (Å²) < 4.78 is 68.4. The number of aliphatic hydroxyl groups excluding tert-OH is 1. The lowest BCUT2D eigenvalue weighted by molar-refractivity contribution is -0.161. The van der Waals surface area contributed by atoms with E-state index in [1.807, 2.05) is 0 Å². The van der Waals surface area contributed by atoms with Crippen LogP contribution in [0.25, 0.3) is 0 Å². The van der Waals surface area contributed by atoms with Crippen LogP contribution in [0.1, 0.15) is 401 Å². The summed E-state index contributed by atoms with van der Waals surface area (Å²) in [6.07, 6.45) is 58.3. The SMILES string of the molecule is CCCCCCCCCCCCCCCCCCC(=O)OC[C@H](COP(=O)(O)OC[C@@H](O)COP(=O)(O)OC[C@@H](COC(=O)CCCCCCCCC)OC(=O)CCCCCCCCCCCCCCCC)OC(=O)CCCCCCCCCCCCCCCCCC(C)C. The second kappa shape index (κ2) is 69.2. The minimum Gasteiger partial charge on any atom is -0.462 e. The molecule has 0 fully saturated rings. The molecular formula is C76H148O17P2. The number of phosphoric acid groups is 2. The summed E-state index contributed by atoms with van der Waals surface area (Å²) >= 11 is 0. The highest BCUT2D eigenvalue weighted by Gasteiger charge is 2.30. The lowest BCUT2D eigenvalue weighted by Crippen LogP contribution is -2.30. The molecule has 0 bridgehead atoms. The summed E-state index contributed by atoms with van der Waals surface area (Å²) in [5.41, 5.74) is 0. The Balaban J connectivity index is 5.19. The number of phosphoric ester groups is 2. The van der Waals surface area contributed by atoms with E-state index in [1.165, 1.54) is 212 Å². The van der Waals surface area contributed by atoms with Crippen LogP contribution in [0, 0.1) is 5.92 Å². The lowest BCUT2D eigenvalue weighted by Gasteiger charge is -2.21. The van der Waals surface area contributed by atoms with Crippen LogP contribution < -0.4 is 0 Å². The van der Waals surface area contributed by atoms with Crippen molar-refractivity contribution in [2.75, 3.05) is 39.6 Å². The van der Waals surface area contributed by atoms with Crippen molar-refractivity contribution in [3.63, 3.8) is 0 Å². The van der Waals surface area contributed by atoms with Gasteiger partial charge in [-0.2, -0.15) is 0 Å². The Kier molecular flexibility index (Phi) is 67.7. The molecule has 564 valence electrons. The predicted octanol–water partition coefficient (Wildman–Crippen LogP) is 22.5. The summed E-state index contributed by atoms with van der Waals surface area (Å²) in [5.74, 6) is -1.31. The Labute approximate surface area is 581 Å². The molecule has 0 spiro atoms. The summed E-state index contributed by atoms with van der Waals surface area (Å²) in [4.78, 5) is 72.7. The van der Waals surface area contributed by atoms with Gasteiger partial charge in [0.25, 0.3) is 0 Å². The maximum atomic E-state index is 13.1. The van der Waals surface area contributed by atoms with E-state index in [0.29, 0.717) is 25.7 Å². The van der Waals surface area contributed by atoms with Crippen molar-refractivity contribution in [1.82, 2.24) is 0 Å². The van der Waals surface area contributed by atoms with Crippen molar-refractivity contribution in [2.45, 2.75) is 419 Å². The van der Waals surface area contributed by atoms with Crippen molar-refractivity contribution < 1.29 is 80.2 Å². The van der Waals surface area contributed by atoms with Gasteiger partial charge >= 0.3 is 39.5 Å².